The first-order chi connectivity index (χ1) is 11.3. The lowest BCUT2D eigenvalue weighted by Crippen LogP contribution is -2.45. The number of hydrogen-bond donors (Lipinski definition) is 0. The molecule has 2 saturated heterocycles. The van der Waals surface area contributed by atoms with E-state index in [2.05, 4.69) is 14.9 Å². The van der Waals surface area contributed by atoms with Crippen LogP contribution in [-0.2, 0) is 9.47 Å². The highest BCUT2D eigenvalue weighted by molar-refractivity contribution is 6.05. The molecule has 6 heteroatoms. The molecule has 2 aliphatic heterocycles. The van der Waals surface area contributed by atoms with Crippen LogP contribution in [0.25, 0.3) is 22.1 Å². The van der Waals surface area contributed by atoms with Crippen molar-refractivity contribution in [3.05, 3.63) is 30.6 Å². The summed E-state index contributed by atoms with van der Waals surface area (Å²) in [6.07, 6.45) is 3.31. The Morgan fingerprint density at radius 3 is 2.61 bits per heavy atom. The average molecular weight is 311 g/mol. The van der Waals surface area contributed by atoms with Gasteiger partial charge in [0.25, 0.3) is 0 Å². The van der Waals surface area contributed by atoms with E-state index in [0.717, 1.165) is 53.8 Å². The van der Waals surface area contributed by atoms with Crippen LogP contribution >= 0.6 is 0 Å². The minimum Gasteiger partial charge on any atom is -0.450 e. The fourth-order valence-corrected chi connectivity index (χ4v) is 3.58. The van der Waals surface area contributed by atoms with Gasteiger partial charge < -0.3 is 18.8 Å². The van der Waals surface area contributed by atoms with Gasteiger partial charge in [0.05, 0.1) is 13.2 Å². The molecule has 4 heterocycles. The number of ether oxygens (including phenoxy) is 2. The van der Waals surface area contributed by atoms with Crippen molar-refractivity contribution >= 4 is 27.9 Å². The molecule has 2 aliphatic rings. The summed E-state index contributed by atoms with van der Waals surface area (Å²) in [5.41, 5.74) is 2.48. The molecule has 0 unspecified atom stereocenters. The van der Waals surface area contributed by atoms with Crippen LogP contribution in [0.1, 0.15) is 12.8 Å². The third-order valence-corrected chi connectivity index (χ3v) is 4.78. The standard InChI is InChI=1S/C17H17N3O3/c1-2-4-13-12(3-1)14-15(23-13)16(19-11-18-14)20-7-5-17(6-8-20)21-9-10-22-17/h1-4,11H,5-10H2. The molecule has 0 radical (unpaired) electrons. The minimum atomic E-state index is -0.378. The minimum absolute atomic E-state index is 0.378. The van der Waals surface area contributed by atoms with Crippen LogP contribution in [0.4, 0.5) is 5.82 Å². The van der Waals surface area contributed by atoms with Crippen molar-refractivity contribution in [1.82, 2.24) is 9.97 Å². The van der Waals surface area contributed by atoms with Crippen LogP contribution in [0, 0.1) is 0 Å². The Labute approximate surface area is 133 Å². The van der Waals surface area contributed by atoms with E-state index < -0.39 is 0 Å². The molecule has 0 saturated carbocycles. The maximum atomic E-state index is 6.02. The van der Waals surface area contributed by atoms with E-state index >= 15 is 0 Å². The second-order valence-corrected chi connectivity index (χ2v) is 6.07. The average Bonchev–Trinajstić information content (AvgIpc) is 3.20. The van der Waals surface area contributed by atoms with E-state index in [0.29, 0.717) is 13.2 Å². The number of anilines is 1. The third kappa shape index (κ3) is 2.02. The van der Waals surface area contributed by atoms with Gasteiger partial charge in [-0.15, -0.1) is 0 Å². The fourth-order valence-electron chi connectivity index (χ4n) is 3.58. The van der Waals surface area contributed by atoms with Gasteiger partial charge in [-0.3, -0.25) is 0 Å². The maximum absolute atomic E-state index is 6.02. The lowest BCUT2D eigenvalue weighted by atomic mass is 10.0. The molecule has 2 aromatic heterocycles. The van der Waals surface area contributed by atoms with E-state index in [4.69, 9.17) is 13.9 Å². The molecule has 6 nitrogen and oxygen atoms in total. The number of para-hydroxylation sites is 1. The number of furan rings is 1. The highest BCUT2D eigenvalue weighted by atomic mass is 16.7. The zero-order valence-electron chi connectivity index (χ0n) is 12.7. The smallest absolute Gasteiger partial charge is 0.196 e. The molecule has 2 fully saturated rings. The molecular formula is C17H17N3O3. The SMILES string of the molecule is c1ccc2c(c1)oc1c(N3CCC4(CC3)OCCO4)ncnc12. The second-order valence-electron chi connectivity index (χ2n) is 6.07. The van der Waals surface area contributed by atoms with E-state index in [9.17, 15) is 0 Å². The van der Waals surface area contributed by atoms with Crippen molar-refractivity contribution in [3.63, 3.8) is 0 Å². The van der Waals surface area contributed by atoms with Crippen molar-refractivity contribution in [1.29, 1.82) is 0 Å². The van der Waals surface area contributed by atoms with Crippen LogP contribution in [-0.4, -0.2) is 42.1 Å². The van der Waals surface area contributed by atoms with Crippen molar-refractivity contribution < 1.29 is 13.9 Å². The van der Waals surface area contributed by atoms with Gasteiger partial charge in [-0.1, -0.05) is 12.1 Å². The van der Waals surface area contributed by atoms with Gasteiger partial charge in [-0.25, -0.2) is 9.97 Å². The summed E-state index contributed by atoms with van der Waals surface area (Å²) < 4.78 is 17.6. The van der Waals surface area contributed by atoms with Crippen LogP contribution in [0.3, 0.4) is 0 Å². The Balaban J connectivity index is 1.53. The van der Waals surface area contributed by atoms with Crippen molar-refractivity contribution in [3.8, 4) is 0 Å². The van der Waals surface area contributed by atoms with Gasteiger partial charge in [0, 0.05) is 31.3 Å². The summed E-state index contributed by atoms with van der Waals surface area (Å²) in [6.45, 7) is 3.06. The van der Waals surface area contributed by atoms with Gasteiger partial charge in [0.15, 0.2) is 17.2 Å². The highest BCUT2D eigenvalue weighted by Gasteiger charge is 2.40. The Hall–Kier alpha value is -2.18. The zero-order valence-corrected chi connectivity index (χ0v) is 12.7. The first-order valence-corrected chi connectivity index (χ1v) is 8.00. The number of fused-ring (bicyclic) bond motifs is 3. The first-order valence-electron chi connectivity index (χ1n) is 8.00. The number of aromatic nitrogens is 2. The quantitative estimate of drug-likeness (QED) is 0.688. The summed E-state index contributed by atoms with van der Waals surface area (Å²) in [7, 11) is 0. The molecule has 0 N–H and O–H groups in total. The van der Waals surface area contributed by atoms with Gasteiger partial charge in [0.1, 0.15) is 17.4 Å². The Morgan fingerprint density at radius 2 is 1.78 bits per heavy atom. The Bertz CT molecular complexity index is 860. The molecule has 5 rings (SSSR count). The first kappa shape index (κ1) is 13.3. The Kier molecular flexibility index (Phi) is 2.83. The van der Waals surface area contributed by atoms with Crippen molar-refractivity contribution in [2.24, 2.45) is 0 Å². The normalized spacial score (nSPS) is 20.8. The van der Waals surface area contributed by atoms with Crippen molar-refractivity contribution in [2.45, 2.75) is 18.6 Å². The van der Waals surface area contributed by atoms with E-state index in [-0.39, 0.29) is 5.79 Å². The van der Waals surface area contributed by atoms with E-state index in [1.807, 2.05) is 24.3 Å². The van der Waals surface area contributed by atoms with Crippen LogP contribution in [0.2, 0.25) is 0 Å². The number of benzene rings is 1. The molecule has 3 aromatic rings. The monoisotopic (exact) mass is 311 g/mol. The lowest BCUT2D eigenvalue weighted by molar-refractivity contribution is -0.169. The van der Waals surface area contributed by atoms with Crippen molar-refractivity contribution in [2.75, 3.05) is 31.2 Å². The van der Waals surface area contributed by atoms with Gasteiger partial charge in [0.2, 0.25) is 0 Å². The predicted octanol–water partition coefficient (Wildman–Crippen LogP) is 2.72. The summed E-state index contributed by atoms with van der Waals surface area (Å²) in [5, 5.41) is 1.03. The summed E-state index contributed by atoms with van der Waals surface area (Å²) in [4.78, 5) is 11.1. The van der Waals surface area contributed by atoms with E-state index in [1.165, 1.54) is 0 Å². The third-order valence-electron chi connectivity index (χ3n) is 4.78. The second kappa shape index (κ2) is 4.91. The summed E-state index contributed by atoms with van der Waals surface area (Å²) in [5.74, 6) is 0.482. The summed E-state index contributed by atoms with van der Waals surface area (Å²) in [6, 6.07) is 7.96. The van der Waals surface area contributed by atoms with Gasteiger partial charge in [-0.05, 0) is 12.1 Å². The number of hydrogen-bond acceptors (Lipinski definition) is 6. The molecule has 23 heavy (non-hydrogen) atoms. The molecular weight excluding hydrogens is 294 g/mol. The van der Waals surface area contributed by atoms with Crippen LogP contribution in [0.15, 0.2) is 35.0 Å². The Morgan fingerprint density at radius 1 is 1.00 bits per heavy atom. The number of piperidine rings is 1. The van der Waals surface area contributed by atoms with Crippen LogP contribution < -0.4 is 4.90 Å². The van der Waals surface area contributed by atoms with Crippen LogP contribution in [0.5, 0.6) is 0 Å². The molecule has 118 valence electrons. The summed E-state index contributed by atoms with van der Waals surface area (Å²) >= 11 is 0. The zero-order chi connectivity index (χ0) is 15.3. The molecule has 0 bridgehead atoms. The molecule has 1 aromatic carbocycles. The molecule has 0 amide bonds. The van der Waals surface area contributed by atoms with Gasteiger partial charge in [-0.2, -0.15) is 0 Å². The highest BCUT2D eigenvalue weighted by Crippen LogP contribution is 2.36. The number of nitrogens with zero attached hydrogens (tertiary/aromatic N) is 3. The fraction of sp³-hybridized carbons (Fsp3) is 0.412. The van der Waals surface area contributed by atoms with E-state index in [1.54, 1.807) is 6.33 Å². The predicted molar refractivity (Wildman–Crippen MR) is 85.4 cm³/mol. The molecule has 0 aliphatic carbocycles. The van der Waals surface area contributed by atoms with Gasteiger partial charge >= 0.3 is 0 Å². The number of rotatable bonds is 1. The largest absolute Gasteiger partial charge is 0.450 e. The molecule has 1 spiro atoms. The molecule has 0 atom stereocenters. The maximum Gasteiger partial charge on any atom is 0.196 e. The topological polar surface area (TPSA) is 60.6 Å². The lowest BCUT2D eigenvalue weighted by Gasteiger charge is -2.37.